The van der Waals surface area contributed by atoms with E-state index in [1.165, 1.54) is 14.0 Å². The molecule has 0 atom stereocenters. The van der Waals surface area contributed by atoms with Gasteiger partial charge in [-0.15, -0.1) is 0 Å². The minimum Gasteiger partial charge on any atom is -0.460 e. The summed E-state index contributed by atoms with van der Waals surface area (Å²) in [6.45, 7) is 6.07. The lowest BCUT2D eigenvalue weighted by Crippen LogP contribution is -2.57. The molecule has 0 N–H and O–H groups in total. The lowest BCUT2D eigenvalue weighted by atomic mass is 10.2. The number of ether oxygens (including phenoxy) is 2. The largest absolute Gasteiger partial charge is 0.460 e. The average Bonchev–Trinajstić information content (AvgIpc) is 2.39. The third-order valence-corrected chi connectivity index (χ3v) is 4.87. The fourth-order valence-corrected chi connectivity index (χ4v) is 2.98. The van der Waals surface area contributed by atoms with E-state index in [0.717, 1.165) is 17.6 Å². The molecule has 1 aliphatic heterocycles. The van der Waals surface area contributed by atoms with Gasteiger partial charge in [0.2, 0.25) is 0 Å². The summed E-state index contributed by atoms with van der Waals surface area (Å²) < 4.78 is 38.2. The van der Waals surface area contributed by atoms with Crippen LogP contribution in [0.15, 0.2) is 0 Å². The fraction of sp³-hybridized carbons (Fsp3) is 0.917. The molecule has 0 aromatic carbocycles. The molecule has 1 fully saturated rings. The van der Waals surface area contributed by atoms with Gasteiger partial charge >= 0.3 is 5.97 Å². The summed E-state index contributed by atoms with van der Waals surface area (Å²) in [7, 11) is -2.23. The summed E-state index contributed by atoms with van der Waals surface area (Å²) in [5.74, 6) is -0.281. The maximum absolute atomic E-state index is 11.3. The van der Waals surface area contributed by atoms with Gasteiger partial charge in [-0.05, 0) is 0 Å². The van der Waals surface area contributed by atoms with Gasteiger partial charge in [-0.25, -0.2) is 0 Å². The van der Waals surface area contributed by atoms with Crippen molar-refractivity contribution in [3.8, 4) is 0 Å². The van der Waals surface area contributed by atoms with Gasteiger partial charge in [0.1, 0.15) is 26.2 Å². The third-order valence-electron chi connectivity index (χ3n) is 3.57. The van der Waals surface area contributed by atoms with Crippen molar-refractivity contribution in [2.24, 2.45) is 0 Å². The minimum absolute atomic E-state index is 0.0118. The number of rotatable bonds is 8. The van der Waals surface area contributed by atoms with E-state index in [2.05, 4.69) is 4.18 Å². The summed E-state index contributed by atoms with van der Waals surface area (Å²) in [6.07, 6.45) is 0.524. The highest BCUT2D eigenvalue weighted by atomic mass is 32.2. The molecule has 0 aliphatic carbocycles. The van der Waals surface area contributed by atoms with Crippen molar-refractivity contribution in [2.45, 2.75) is 13.3 Å². The van der Waals surface area contributed by atoms with Crippen LogP contribution in [0.1, 0.15) is 13.3 Å². The second kappa shape index (κ2) is 7.92. The lowest BCUT2D eigenvalue weighted by molar-refractivity contribution is -0.935. The van der Waals surface area contributed by atoms with Crippen LogP contribution in [0.25, 0.3) is 0 Å². The zero-order valence-electron chi connectivity index (χ0n) is 12.2. The zero-order chi connectivity index (χ0) is 15.1. The number of carbonyl (C=O) groups is 1. The van der Waals surface area contributed by atoms with Crippen LogP contribution in [0, 0.1) is 0 Å². The molecular formula is C12H24NO6S+. The Hall–Kier alpha value is -0.700. The number of quaternary nitrogens is 1. The Morgan fingerprint density at radius 1 is 1.25 bits per heavy atom. The topological polar surface area (TPSA) is 78.9 Å². The summed E-state index contributed by atoms with van der Waals surface area (Å²) in [5.41, 5.74) is 0. The third kappa shape index (κ3) is 6.17. The molecule has 1 heterocycles. The van der Waals surface area contributed by atoms with E-state index in [1.54, 1.807) is 0 Å². The average molecular weight is 310 g/mol. The molecule has 7 nitrogen and oxygen atoms in total. The van der Waals surface area contributed by atoms with Crippen molar-refractivity contribution < 1.29 is 31.4 Å². The van der Waals surface area contributed by atoms with Crippen molar-refractivity contribution in [1.29, 1.82) is 0 Å². The Kier molecular flexibility index (Phi) is 6.87. The van der Waals surface area contributed by atoms with E-state index in [-0.39, 0.29) is 11.7 Å². The monoisotopic (exact) mass is 310 g/mol. The molecule has 0 radical (unpaired) electrons. The van der Waals surface area contributed by atoms with Crippen molar-refractivity contribution in [1.82, 2.24) is 0 Å². The Balaban J connectivity index is 2.48. The van der Waals surface area contributed by atoms with E-state index >= 15 is 0 Å². The van der Waals surface area contributed by atoms with Crippen LogP contribution < -0.4 is 0 Å². The molecule has 0 unspecified atom stereocenters. The number of hydrogen-bond acceptors (Lipinski definition) is 6. The van der Waals surface area contributed by atoms with Gasteiger partial charge in [0, 0.05) is 13.3 Å². The summed E-state index contributed by atoms with van der Waals surface area (Å²) in [4.78, 5) is 10.8. The van der Waals surface area contributed by atoms with Crippen molar-refractivity contribution >= 4 is 16.1 Å². The minimum atomic E-state index is -3.41. The zero-order valence-corrected chi connectivity index (χ0v) is 13.0. The Labute approximate surface area is 120 Å². The molecule has 8 heteroatoms. The lowest BCUT2D eigenvalue weighted by Gasteiger charge is -2.41. The Morgan fingerprint density at radius 2 is 1.90 bits per heavy atom. The van der Waals surface area contributed by atoms with Crippen LogP contribution in [-0.2, 0) is 28.6 Å². The van der Waals surface area contributed by atoms with Gasteiger partial charge in [-0.1, -0.05) is 0 Å². The van der Waals surface area contributed by atoms with E-state index in [4.69, 9.17) is 9.47 Å². The maximum atomic E-state index is 11.3. The van der Waals surface area contributed by atoms with Gasteiger partial charge in [0.15, 0.2) is 0 Å². The van der Waals surface area contributed by atoms with E-state index < -0.39 is 10.1 Å². The van der Waals surface area contributed by atoms with Crippen LogP contribution in [0.4, 0.5) is 0 Å². The molecule has 1 rings (SSSR count). The van der Waals surface area contributed by atoms with Gasteiger partial charge in [0.25, 0.3) is 10.1 Å². The molecule has 118 valence electrons. The van der Waals surface area contributed by atoms with E-state index in [9.17, 15) is 13.2 Å². The molecule has 0 aromatic heterocycles. The molecule has 1 saturated heterocycles. The first kappa shape index (κ1) is 17.4. The second-order valence-electron chi connectivity index (χ2n) is 4.97. The first-order valence-electron chi connectivity index (χ1n) is 6.74. The first-order valence-corrected chi connectivity index (χ1v) is 8.31. The van der Waals surface area contributed by atoms with Gasteiger partial charge in [-0.3, -0.25) is 8.98 Å². The number of nitrogens with zero attached hydrogens (tertiary/aromatic N) is 1. The summed E-state index contributed by atoms with van der Waals surface area (Å²) >= 11 is 0. The number of morpholine rings is 1. The van der Waals surface area contributed by atoms with E-state index in [1.807, 2.05) is 0 Å². The highest BCUT2D eigenvalue weighted by molar-refractivity contribution is 7.86. The van der Waals surface area contributed by atoms with Crippen LogP contribution in [-0.4, -0.2) is 77.7 Å². The summed E-state index contributed by atoms with van der Waals surface area (Å²) in [6, 6.07) is 0. The molecular weight excluding hydrogens is 286 g/mol. The molecule has 0 amide bonds. The Bertz CT molecular complexity index is 402. The quantitative estimate of drug-likeness (QED) is 0.350. The van der Waals surface area contributed by atoms with Crippen LogP contribution >= 0.6 is 0 Å². The SMILES string of the molecule is COS(=O)(=O)CCC[N+]1(CCOC(C)=O)CCOCC1. The first-order chi connectivity index (χ1) is 9.39. The van der Waals surface area contributed by atoms with Crippen LogP contribution in [0.5, 0.6) is 0 Å². The number of esters is 1. The van der Waals surface area contributed by atoms with Gasteiger partial charge < -0.3 is 14.0 Å². The van der Waals surface area contributed by atoms with Crippen molar-refractivity contribution in [2.75, 3.05) is 58.9 Å². The van der Waals surface area contributed by atoms with Crippen molar-refractivity contribution in [3.63, 3.8) is 0 Å². The standard InChI is InChI=1S/C12H24NO6S/c1-12(14)19-10-7-13(5-8-18-9-6-13)4-3-11-20(15,16)17-2/h3-11H2,1-2H3/q+1. The summed E-state index contributed by atoms with van der Waals surface area (Å²) in [5, 5.41) is 0. The molecule has 1 aliphatic rings. The van der Waals surface area contributed by atoms with Crippen LogP contribution in [0.3, 0.4) is 0 Å². The van der Waals surface area contributed by atoms with Gasteiger partial charge in [-0.2, -0.15) is 8.42 Å². The van der Waals surface area contributed by atoms with Crippen LogP contribution in [0.2, 0.25) is 0 Å². The molecule has 0 bridgehead atoms. The Morgan fingerprint density at radius 3 is 2.45 bits per heavy atom. The highest BCUT2D eigenvalue weighted by Crippen LogP contribution is 2.13. The molecule has 0 spiro atoms. The van der Waals surface area contributed by atoms with Gasteiger partial charge in [0.05, 0.1) is 32.6 Å². The second-order valence-corrected chi connectivity index (χ2v) is 6.83. The maximum Gasteiger partial charge on any atom is 0.302 e. The van der Waals surface area contributed by atoms with Crippen molar-refractivity contribution in [3.05, 3.63) is 0 Å². The number of carbonyl (C=O) groups excluding carboxylic acids is 1. The number of hydrogen-bond donors (Lipinski definition) is 0. The molecule has 20 heavy (non-hydrogen) atoms. The normalized spacial score (nSPS) is 18.7. The molecule has 0 saturated carbocycles. The van der Waals surface area contributed by atoms with E-state index in [0.29, 0.717) is 39.3 Å². The fourth-order valence-electron chi connectivity index (χ4n) is 2.33. The highest BCUT2D eigenvalue weighted by Gasteiger charge is 2.30. The molecule has 0 aromatic rings. The predicted molar refractivity (Wildman–Crippen MR) is 72.6 cm³/mol. The predicted octanol–water partition coefficient (Wildman–Crippen LogP) is -0.237. The smallest absolute Gasteiger partial charge is 0.302 e.